The number of rotatable bonds is 7. The van der Waals surface area contributed by atoms with Gasteiger partial charge in [0.1, 0.15) is 0 Å². The standard InChI is InChI=1S/C23H31ClN4O2/c1-17(2)28-14-21(25-16-28)20-13-26(12-18-4-6-19(24)7-5-18)15-23(20)8-9-27(22(23)29)10-11-30-3/h4-7,14,16-17,20H,8-13,15H2,1-3H3/t20-,23-/m0/s1. The first-order valence-corrected chi connectivity index (χ1v) is 11.1. The summed E-state index contributed by atoms with van der Waals surface area (Å²) in [5.74, 6) is 0.354. The molecule has 0 saturated carbocycles. The molecule has 6 nitrogen and oxygen atoms in total. The monoisotopic (exact) mass is 430 g/mol. The molecule has 2 fully saturated rings. The maximum absolute atomic E-state index is 13.6. The number of nitrogens with zero attached hydrogens (tertiary/aromatic N) is 4. The topological polar surface area (TPSA) is 50.6 Å². The molecule has 0 bridgehead atoms. The second-order valence-electron chi connectivity index (χ2n) is 8.88. The Morgan fingerprint density at radius 2 is 2.07 bits per heavy atom. The summed E-state index contributed by atoms with van der Waals surface area (Å²) in [6, 6.07) is 8.34. The maximum atomic E-state index is 13.6. The van der Waals surface area contributed by atoms with Crippen LogP contribution in [-0.4, -0.2) is 65.2 Å². The van der Waals surface area contributed by atoms with Crippen LogP contribution in [0.25, 0.3) is 0 Å². The van der Waals surface area contributed by atoms with Gasteiger partial charge in [-0.2, -0.15) is 0 Å². The molecule has 0 unspecified atom stereocenters. The molecule has 2 aliphatic heterocycles. The van der Waals surface area contributed by atoms with E-state index < -0.39 is 5.41 Å². The second kappa shape index (κ2) is 8.69. The average Bonchev–Trinajstić information content (AvgIpc) is 3.42. The maximum Gasteiger partial charge on any atom is 0.230 e. The first kappa shape index (κ1) is 21.3. The van der Waals surface area contributed by atoms with Crippen molar-refractivity contribution in [1.29, 1.82) is 0 Å². The SMILES string of the molecule is COCCN1CC[C@@]2(CN(Cc3ccc(Cl)cc3)C[C@H]2c2cn(C(C)C)cn2)C1=O. The minimum absolute atomic E-state index is 0.102. The lowest BCUT2D eigenvalue weighted by molar-refractivity contribution is -0.136. The summed E-state index contributed by atoms with van der Waals surface area (Å²) in [7, 11) is 1.68. The fourth-order valence-electron chi connectivity index (χ4n) is 4.91. The highest BCUT2D eigenvalue weighted by Gasteiger charge is 2.57. The molecular weight excluding hydrogens is 400 g/mol. The fourth-order valence-corrected chi connectivity index (χ4v) is 5.04. The van der Waals surface area contributed by atoms with Crippen molar-refractivity contribution in [1.82, 2.24) is 19.4 Å². The molecule has 1 aromatic heterocycles. The van der Waals surface area contributed by atoms with Gasteiger partial charge in [-0.15, -0.1) is 0 Å². The Labute approximate surface area is 183 Å². The third-order valence-electron chi connectivity index (χ3n) is 6.61. The number of imidazole rings is 1. The lowest BCUT2D eigenvalue weighted by Gasteiger charge is -2.28. The molecule has 0 radical (unpaired) electrons. The van der Waals surface area contributed by atoms with Crippen LogP contribution in [0.5, 0.6) is 0 Å². The molecule has 4 rings (SSSR count). The quantitative estimate of drug-likeness (QED) is 0.673. The predicted octanol–water partition coefficient (Wildman–Crippen LogP) is 3.58. The molecule has 2 aromatic rings. The molecule has 7 heteroatoms. The van der Waals surface area contributed by atoms with Gasteiger partial charge >= 0.3 is 0 Å². The number of carbonyl (C=O) groups excluding carboxylic acids is 1. The number of carbonyl (C=O) groups is 1. The number of aromatic nitrogens is 2. The minimum Gasteiger partial charge on any atom is -0.383 e. The molecule has 0 N–H and O–H groups in total. The zero-order valence-electron chi connectivity index (χ0n) is 18.1. The summed E-state index contributed by atoms with van der Waals surface area (Å²) < 4.78 is 7.36. The number of likely N-dealkylation sites (tertiary alicyclic amines) is 2. The Morgan fingerprint density at radius 1 is 1.30 bits per heavy atom. The Balaban J connectivity index is 1.60. The van der Waals surface area contributed by atoms with Gasteiger partial charge in [0.2, 0.25) is 5.91 Å². The highest BCUT2D eigenvalue weighted by atomic mass is 35.5. The van der Waals surface area contributed by atoms with Gasteiger partial charge in [0, 0.05) is 63.0 Å². The first-order valence-electron chi connectivity index (χ1n) is 10.7. The van der Waals surface area contributed by atoms with Gasteiger partial charge in [-0.05, 0) is 38.0 Å². The number of benzene rings is 1. The van der Waals surface area contributed by atoms with Gasteiger partial charge in [-0.3, -0.25) is 9.69 Å². The Hall–Kier alpha value is -1.89. The summed E-state index contributed by atoms with van der Waals surface area (Å²) in [6.07, 6.45) is 4.90. The largest absolute Gasteiger partial charge is 0.383 e. The summed E-state index contributed by atoms with van der Waals surface area (Å²) in [5.41, 5.74) is 1.84. The summed E-state index contributed by atoms with van der Waals surface area (Å²) in [4.78, 5) is 22.7. The number of hydrogen-bond donors (Lipinski definition) is 0. The molecule has 1 spiro atoms. The third kappa shape index (κ3) is 4.01. The van der Waals surface area contributed by atoms with Crippen molar-refractivity contribution in [2.24, 2.45) is 5.41 Å². The van der Waals surface area contributed by atoms with Crippen LogP contribution in [0.3, 0.4) is 0 Å². The van der Waals surface area contributed by atoms with Crippen molar-refractivity contribution in [2.45, 2.75) is 38.8 Å². The van der Waals surface area contributed by atoms with E-state index in [4.69, 9.17) is 21.3 Å². The van der Waals surface area contributed by atoms with Gasteiger partial charge in [0.15, 0.2) is 0 Å². The predicted molar refractivity (Wildman–Crippen MR) is 118 cm³/mol. The number of methoxy groups -OCH3 is 1. The molecule has 30 heavy (non-hydrogen) atoms. The van der Waals surface area contributed by atoms with E-state index in [2.05, 4.69) is 41.6 Å². The van der Waals surface area contributed by atoms with Gasteiger partial charge in [0.25, 0.3) is 0 Å². The molecule has 162 valence electrons. The molecular formula is C23H31ClN4O2. The fraction of sp³-hybridized carbons (Fsp3) is 0.565. The minimum atomic E-state index is -0.406. The highest BCUT2D eigenvalue weighted by molar-refractivity contribution is 6.30. The van der Waals surface area contributed by atoms with E-state index in [-0.39, 0.29) is 11.8 Å². The Bertz CT molecular complexity index is 882. The smallest absolute Gasteiger partial charge is 0.230 e. The van der Waals surface area contributed by atoms with E-state index in [9.17, 15) is 4.79 Å². The summed E-state index contributed by atoms with van der Waals surface area (Å²) in [6.45, 7) is 8.72. The molecule has 1 aromatic carbocycles. The number of hydrogen-bond acceptors (Lipinski definition) is 4. The molecule has 2 aliphatic rings. The van der Waals surface area contributed by atoms with Crippen molar-refractivity contribution in [3.05, 3.63) is 53.1 Å². The van der Waals surface area contributed by atoms with Crippen LogP contribution >= 0.6 is 11.6 Å². The van der Waals surface area contributed by atoms with Crippen LogP contribution in [0.2, 0.25) is 5.02 Å². The number of ether oxygens (including phenoxy) is 1. The van der Waals surface area contributed by atoms with Gasteiger partial charge < -0.3 is 14.2 Å². The van der Waals surface area contributed by atoms with Crippen molar-refractivity contribution in [3.8, 4) is 0 Å². The van der Waals surface area contributed by atoms with E-state index >= 15 is 0 Å². The lowest BCUT2D eigenvalue weighted by atomic mass is 9.75. The van der Waals surface area contributed by atoms with Gasteiger partial charge in [-0.1, -0.05) is 23.7 Å². The van der Waals surface area contributed by atoms with Gasteiger partial charge in [-0.25, -0.2) is 4.98 Å². The zero-order valence-corrected chi connectivity index (χ0v) is 18.8. The molecule has 2 atom stereocenters. The third-order valence-corrected chi connectivity index (χ3v) is 6.87. The van der Waals surface area contributed by atoms with Crippen LogP contribution in [0.4, 0.5) is 0 Å². The molecule has 1 amide bonds. The van der Waals surface area contributed by atoms with Crippen molar-refractivity contribution in [3.63, 3.8) is 0 Å². The first-order chi connectivity index (χ1) is 14.4. The zero-order chi connectivity index (χ0) is 21.3. The molecule has 3 heterocycles. The van der Waals surface area contributed by atoms with Gasteiger partial charge in [0.05, 0.1) is 24.0 Å². The molecule has 2 saturated heterocycles. The van der Waals surface area contributed by atoms with Crippen molar-refractivity contribution < 1.29 is 9.53 Å². The van der Waals surface area contributed by atoms with Crippen LogP contribution in [0, 0.1) is 5.41 Å². The lowest BCUT2D eigenvalue weighted by Crippen LogP contribution is -2.40. The van der Waals surface area contributed by atoms with E-state index in [1.807, 2.05) is 23.4 Å². The van der Waals surface area contributed by atoms with Crippen LogP contribution in [0.15, 0.2) is 36.8 Å². The van der Waals surface area contributed by atoms with Crippen LogP contribution in [0.1, 0.15) is 43.5 Å². The van der Waals surface area contributed by atoms with E-state index in [1.54, 1.807) is 7.11 Å². The van der Waals surface area contributed by atoms with Crippen LogP contribution in [-0.2, 0) is 16.1 Å². The van der Waals surface area contributed by atoms with Crippen molar-refractivity contribution in [2.75, 3.05) is 39.9 Å². The highest BCUT2D eigenvalue weighted by Crippen LogP contribution is 2.49. The number of amides is 1. The normalized spacial score (nSPS) is 24.6. The summed E-state index contributed by atoms with van der Waals surface area (Å²) >= 11 is 6.05. The Kier molecular flexibility index (Phi) is 6.19. The number of halogens is 1. The van der Waals surface area contributed by atoms with E-state index in [0.29, 0.717) is 19.2 Å². The average molecular weight is 431 g/mol. The second-order valence-corrected chi connectivity index (χ2v) is 9.32. The Morgan fingerprint density at radius 3 is 2.73 bits per heavy atom. The van der Waals surface area contributed by atoms with E-state index in [1.165, 1.54) is 5.56 Å². The molecule has 0 aliphatic carbocycles. The summed E-state index contributed by atoms with van der Waals surface area (Å²) in [5, 5.41) is 0.744. The van der Waals surface area contributed by atoms with Crippen molar-refractivity contribution >= 4 is 17.5 Å². The van der Waals surface area contributed by atoms with E-state index in [0.717, 1.165) is 43.3 Å². The van der Waals surface area contributed by atoms with Crippen LogP contribution < -0.4 is 0 Å².